The molecule has 6 nitrogen and oxygen atoms in total. The Labute approximate surface area is 156 Å². The second kappa shape index (κ2) is 7.57. The van der Waals surface area contributed by atoms with Crippen molar-refractivity contribution in [2.75, 3.05) is 6.61 Å². The van der Waals surface area contributed by atoms with Gasteiger partial charge < -0.3 is 4.74 Å². The topological polar surface area (TPSA) is 74.1 Å². The van der Waals surface area contributed by atoms with Crippen LogP contribution in [0.2, 0.25) is 0 Å². The first-order chi connectivity index (χ1) is 12.5. The number of aromatic nitrogens is 3. The Hall–Kier alpha value is -2.87. The third-order valence-electron chi connectivity index (χ3n) is 3.64. The molecule has 0 N–H and O–H groups in total. The van der Waals surface area contributed by atoms with Crippen LogP contribution in [-0.4, -0.2) is 26.9 Å². The molecule has 3 aromatic rings. The van der Waals surface area contributed by atoms with Crippen LogP contribution in [0.4, 0.5) is 4.39 Å². The maximum Gasteiger partial charge on any atom is 0.299 e. The van der Waals surface area contributed by atoms with Gasteiger partial charge in [0, 0.05) is 34.9 Å². The van der Waals surface area contributed by atoms with Crippen molar-refractivity contribution in [2.45, 2.75) is 0 Å². The van der Waals surface area contributed by atoms with E-state index in [4.69, 9.17) is 4.74 Å². The monoisotopic (exact) mass is 417 g/mol. The minimum absolute atomic E-state index is 0.0748. The summed E-state index contributed by atoms with van der Waals surface area (Å²) in [5.74, 6) is -0.877. The summed E-state index contributed by atoms with van der Waals surface area (Å²) in [5.41, 5.74) is 0.271. The molecule has 3 rings (SSSR count). The van der Waals surface area contributed by atoms with Crippen LogP contribution in [0.3, 0.4) is 0 Å². The summed E-state index contributed by atoms with van der Waals surface area (Å²) >= 11 is 3.30. The number of ketones is 1. The van der Waals surface area contributed by atoms with E-state index in [9.17, 15) is 14.0 Å². The summed E-state index contributed by atoms with van der Waals surface area (Å²) < 4.78 is 21.3. The van der Waals surface area contributed by atoms with Crippen molar-refractivity contribution in [1.29, 1.82) is 0 Å². The fourth-order valence-corrected chi connectivity index (χ4v) is 2.48. The first-order valence-electron chi connectivity index (χ1n) is 7.55. The van der Waals surface area contributed by atoms with Crippen molar-refractivity contribution in [3.8, 4) is 17.3 Å². The SMILES string of the molecule is Cn1c(OCC(=O)c2ccc(Br)cc2)nc(-c2ccncc2F)cc1=O. The molecule has 2 aromatic heterocycles. The molecule has 0 spiro atoms. The third kappa shape index (κ3) is 3.85. The van der Waals surface area contributed by atoms with Crippen LogP contribution in [0.5, 0.6) is 6.01 Å². The van der Waals surface area contributed by atoms with Crippen molar-refractivity contribution in [3.63, 3.8) is 0 Å². The van der Waals surface area contributed by atoms with Crippen LogP contribution in [0.15, 0.2) is 58.1 Å². The van der Waals surface area contributed by atoms with E-state index in [2.05, 4.69) is 25.9 Å². The van der Waals surface area contributed by atoms with Crippen molar-refractivity contribution < 1.29 is 13.9 Å². The summed E-state index contributed by atoms with van der Waals surface area (Å²) in [5, 5.41) is 0. The molecule has 0 bridgehead atoms. The molecular formula is C18H13BrFN3O3. The largest absolute Gasteiger partial charge is 0.456 e. The Balaban J connectivity index is 1.86. The van der Waals surface area contributed by atoms with Crippen molar-refractivity contribution in [2.24, 2.45) is 7.05 Å². The fourth-order valence-electron chi connectivity index (χ4n) is 2.22. The van der Waals surface area contributed by atoms with E-state index in [0.717, 1.165) is 15.2 Å². The summed E-state index contributed by atoms with van der Waals surface area (Å²) in [7, 11) is 1.46. The molecule has 0 aliphatic carbocycles. The first-order valence-corrected chi connectivity index (χ1v) is 8.34. The number of ether oxygens (including phenoxy) is 1. The molecule has 0 saturated carbocycles. The van der Waals surface area contributed by atoms with Gasteiger partial charge in [-0.3, -0.25) is 19.1 Å². The highest BCUT2D eigenvalue weighted by Crippen LogP contribution is 2.20. The molecule has 0 unspecified atom stereocenters. The molecule has 132 valence electrons. The lowest BCUT2D eigenvalue weighted by Crippen LogP contribution is -2.22. The first kappa shape index (κ1) is 17.9. The number of hydrogen-bond donors (Lipinski definition) is 0. The average Bonchev–Trinajstić information content (AvgIpc) is 2.63. The van der Waals surface area contributed by atoms with Crippen LogP contribution in [0.1, 0.15) is 10.4 Å². The molecule has 0 aliphatic rings. The number of halogens is 2. The zero-order chi connectivity index (χ0) is 18.7. The second-order valence-electron chi connectivity index (χ2n) is 5.40. The Morgan fingerprint density at radius 1 is 1.27 bits per heavy atom. The molecule has 2 heterocycles. The Morgan fingerprint density at radius 2 is 2.00 bits per heavy atom. The zero-order valence-electron chi connectivity index (χ0n) is 13.6. The van der Waals surface area contributed by atoms with E-state index in [1.54, 1.807) is 24.3 Å². The van der Waals surface area contributed by atoms with Gasteiger partial charge in [0.05, 0.1) is 11.9 Å². The number of pyridine rings is 1. The van der Waals surface area contributed by atoms with Gasteiger partial charge in [0.25, 0.3) is 11.6 Å². The van der Waals surface area contributed by atoms with Crippen LogP contribution in [-0.2, 0) is 7.05 Å². The third-order valence-corrected chi connectivity index (χ3v) is 4.17. The van der Waals surface area contributed by atoms with Gasteiger partial charge in [0.15, 0.2) is 18.2 Å². The smallest absolute Gasteiger partial charge is 0.299 e. The highest BCUT2D eigenvalue weighted by molar-refractivity contribution is 9.10. The van der Waals surface area contributed by atoms with Gasteiger partial charge in [-0.2, -0.15) is 4.98 Å². The summed E-state index contributed by atoms with van der Waals surface area (Å²) in [6.45, 7) is -0.301. The molecule has 0 amide bonds. The lowest BCUT2D eigenvalue weighted by Gasteiger charge is -2.11. The zero-order valence-corrected chi connectivity index (χ0v) is 15.2. The number of nitrogens with zero attached hydrogens (tertiary/aromatic N) is 3. The summed E-state index contributed by atoms with van der Waals surface area (Å²) in [4.78, 5) is 32.1. The van der Waals surface area contributed by atoms with E-state index < -0.39 is 11.4 Å². The van der Waals surface area contributed by atoms with Crippen LogP contribution in [0.25, 0.3) is 11.3 Å². The summed E-state index contributed by atoms with van der Waals surface area (Å²) in [6, 6.07) is 9.34. The Bertz CT molecular complexity index is 1020. The fraction of sp³-hybridized carbons (Fsp3) is 0.111. The van der Waals surface area contributed by atoms with E-state index in [-0.39, 0.29) is 29.7 Å². The molecule has 0 fully saturated rings. The van der Waals surface area contributed by atoms with E-state index in [1.807, 2.05) is 0 Å². The summed E-state index contributed by atoms with van der Waals surface area (Å²) in [6.07, 6.45) is 2.43. The molecule has 8 heteroatoms. The van der Waals surface area contributed by atoms with Gasteiger partial charge in [-0.15, -0.1) is 0 Å². The van der Waals surface area contributed by atoms with Gasteiger partial charge in [0.1, 0.15) is 0 Å². The molecule has 0 saturated heterocycles. The van der Waals surface area contributed by atoms with Crippen LogP contribution in [0, 0.1) is 5.82 Å². The molecule has 0 aliphatic heterocycles. The lowest BCUT2D eigenvalue weighted by atomic mass is 10.1. The van der Waals surface area contributed by atoms with Gasteiger partial charge in [0.2, 0.25) is 0 Å². The van der Waals surface area contributed by atoms with Crippen molar-refractivity contribution >= 4 is 21.7 Å². The van der Waals surface area contributed by atoms with Gasteiger partial charge in [-0.05, 0) is 18.2 Å². The van der Waals surface area contributed by atoms with E-state index in [0.29, 0.717) is 5.56 Å². The number of carbonyl (C=O) groups excluding carboxylic acids is 1. The van der Waals surface area contributed by atoms with E-state index in [1.165, 1.54) is 25.4 Å². The number of rotatable bonds is 5. The standard InChI is InChI=1S/C18H13BrFN3O3/c1-23-17(25)8-15(13-6-7-21-9-14(13)20)22-18(23)26-10-16(24)11-2-4-12(19)5-3-11/h2-9H,10H2,1H3. The predicted octanol–water partition coefficient (Wildman–Crippen LogP) is 3.01. The number of hydrogen-bond acceptors (Lipinski definition) is 5. The van der Waals surface area contributed by atoms with Gasteiger partial charge >= 0.3 is 0 Å². The highest BCUT2D eigenvalue weighted by Gasteiger charge is 2.14. The van der Waals surface area contributed by atoms with Gasteiger partial charge in [-0.1, -0.05) is 28.1 Å². The van der Waals surface area contributed by atoms with Crippen molar-refractivity contribution in [1.82, 2.24) is 14.5 Å². The maximum atomic E-state index is 13.9. The predicted molar refractivity (Wildman–Crippen MR) is 96.6 cm³/mol. The Morgan fingerprint density at radius 3 is 2.69 bits per heavy atom. The number of carbonyl (C=O) groups is 1. The molecular weight excluding hydrogens is 405 g/mol. The normalized spacial score (nSPS) is 10.6. The van der Waals surface area contributed by atoms with E-state index >= 15 is 0 Å². The number of Topliss-reactive ketones (excluding diaryl/α,β-unsaturated/α-hetero) is 1. The Kier molecular flexibility index (Phi) is 5.22. The quantitative estimate of drug-likeness (QED) is 0.596. The molecule has 26 heavy (non-hydrogen) atoms. The average molecular weight is 418 g/mol. The van der Waals surface area contributed by atoms with Crippen molar-refractivity contribution in [3.05, 3.63) is 75.0 Å². The number of benzene rings is 1. The molecule has 1 aromatic carbocycles. The highest BCUT2D eigenvalue weighted by atomic mass is 79.9. The second-order valence-corrected chi connectivity index (χ2v) is 6.31. The van der Waals surface area contributed by atoms with Crippen LogP contribution < -0.4 is 10.3 Å². The molecule has 0 radical (unpaired) electrons. The molecule has 0 atom stereocenters. The lowest BCUT2D eigenvalue weighted by molar-refractivity contribution is 0.0910. The minimum Gasteiger partial charge on any atom is -0.456 e. The minimum atomic E-state index is -0.606. The maximum absolute atomic E-state index is 13.9. The van der Waals surface area contributed by atoms with Gasteiger partial charge in [-0.25, -0.2) is 4.39 Å². The van der Waals surface area contributed by atoms with Crippen LogP contribution >= 0.6 is 15.9 Å².